The van der Waals surface area contributed by atoms with Crippen LogP contribution in [0, 0.1) is 6.92 Å². The minimum absolute atomic E-state index is 0.0735. The summed E-state index contributed by atoms with van der Waals surface area (Å²) in [5.41, 5.74) is 0. The minimum Gasteiger partial charge on any atom is -0.340 e. The van der Waals surface area contributed by atoms with Gasteiger partial charge in [0.25, 0.3) is 0 Å². The molecule has 0 atom stereocenters. The van der Waals surface area contributed by atoms with Crippen LogP contribution in [0.2, 0.25) is 0 Å². The Labute approximate surface area is 85.4 Å². The summed E-state index contributed by atoms with van der Waals surface area (Å²) in [4.78, 5) is 27.4. The summed E-state index contributed by atoms with van der Waals surface area (Å²) >= 11 is 0. The average Bonchev–Trinajstić information content (AvgIpc) is 2.73. The Hall–Kier alpha value is -1.92. The van der Waals surface area contributed by atoms with Gasteiger partial charge in [-0.25, -0.2) is 4.79 Å². The van der Waals surface area contributed by atoms with Crippen molar-refractivity contribution in [3.8, 4) is 0 Å². The van der Waals surface area contributed by atoms with Gasteiger partial charge in [-0.05, 0) is 0 Å². The molecule has 0 radical (unpaired) electrons. The summed E-state index contributed by atoms with van der Waals surface area (Å²) in [7, 11) is 0. The summed E-state index contributed by atoms with van der Waals surface area (Å²) in [5.74, 6) is 0.752. The van der Waals surface area contributed by atoms with Gasteiger partial charge in [0, 0.05) is 19.9 Å². The molecule has 7 nitrogen and oxygen atoms in total. The van der Waals surface area contributed by atoms with Crippen molar-refractivity contribution in [3.05, 3.63) is 11.7 Å². The van der Waals surface area contributed by atoms with E-state index in [1.807, 2.05) is 0 Å². The van der Waals surface area contributed by atoms with Crippen molar-refractivity contribution in [2.75, 3.05) is 13.1 Å². The van der Waals surface area contributed by atoms with Gasteiger partial charge >= 0.3 is 6.03 Å². The third kappa shape index (κ3) is 1.95. The molecule has 1 saturated heterocycles. The molecule has 1 aromatic rings. The topological polar surface area (TPSA) is 88.3 Å². The zero-order valence-electron chi connectivity index (χ0n) is 8.19. The van der Waals surface area contributed by atoms with E-state index in [4.69, 9.17) is 4.52 Å². The van der Waals surface area contributed by atoms with Crippen LogP contribution in [0.5, 0.6) is 0 Å². The van der Waals surface area contributed by atoms with E-state index < -0.39 is 0 Å². The molecule has 80 valence electrons. The van der Waals surface area contributed by atoms with E-state index in [0.717, 1.165) is 4.90 Å². The Morgan fingerprint density at radius 3 is 2.87 bits per heavy atom. The smallest absolute Gasteiger partial charge is 0.324 e. The summed E-state index contributed by atoms with van der Waals surface area (Å²) in [5, 5.41) is 6.11. The maximum atomic E-state index is 11.2. The standard InChI is InChI=1S/C8H10N4O3/c1-5-10-6(11-15-5)2-3-12-7(13)4-9-8(12)14/h2-4H2,1H3,(H,9,14). The molecule has 1 aromatic heterocycles. The lowest BCUT2D eigenvalue weighted by Crippen LogP contribution is -2.32. The SMILES string of the molecule is Cc1nc(CCN2C(=O)CNC2=O)no1. The van der Waals surface area contributed by atoms with Crippen molar-refractivity contribution in [1.82, 2.24) is 20.4 Å². The first-order chi connectivity index (χ1) is 7.16. The highest BCUT2D eigenvalue weighted by Gasteiger charge is 2.28. The van der Waals surface area contributed by atoms with Crippen LogP contribution >= 0.6 is 0 Å². The van der Waals surface area contributed by atoms with Crippen molar-refractivity contribution in [2.45, 2.75) is 13.3 Å². The Balaban J connectivity index is 1.93. The number of rotatable bonds is 3. The number of amides is 3. The first-order valence-corrected chi connectivity index (χ1v) is 4.54. The van der Waals surface area contributed by atoms with Crippen molar-refractivity contribution in [1.29, 1.82) is 0 Å². The fourth-order valence-corrected chi connectivity index (χ4v) is 1.34. The number of hydrogen-bond acceptors (Lipinski definition) is 5. The van der Waals surface area contributed by atoms with E-state index in [9.17, 15) is 9.59 Å². The van der Waals surface area contributed by atoms with Gasteiger partial charge in [0.1, 0.15) is 0 Å². The third-order valence-electron chi connectivity index (χ3n) is 2.07. The van der Waals surface area contributed by atoms with Crippen LogP contribution in [-0.2, 0) is 11.2 Å². The van der Waals surface area contributed by atoms with Gasteiger partial charge in [0.2, 0.25) is 11.8 Å². The van der Waals surface area contributed by atoms with Crippen molar-refractivity contribution >= 4 is 11.9 Å². The predicted octanol–water partition coefficient (Wildman–Crippen LogP) is -0.528. The van der Waals surface area contributed by atoms with Crippen LogP contribution in [0.1, 0.15) is 11.7 Å². The van der Waals surface area contributed by atoms with E-state index in [-0.39, 0.29) is 25.0 Å². The molecule has 2 heterocycles. The zero-order chi connectivity index (χ0) is 10.8. The molecule has 15 heavy (non-hydrogen) atoms. The van der Waals surface area contributed by atoms with Crippen LogP contribution in [0.25, 0.3) is 0 Å². The number of carbonyl (C=O) groups is 2. The molecular formula is C8H10N4O3. The second-order valence-corrected chi connectivity index (χ2v) is 3.18. The quantitative estimate of drug-likeness (QED) is 0.677. The number of aryl methyl sites for hydroxylation is 1. The van der Waals surface area contributed by atoms with Gasteiger partial charge in [-0.2, -0.15) is 4.98 Å². The summed E-state index contributed by atoms with van der Waals surface area (Å²) in [6.07, 6.45) is 0.413. The molecule has 1 aliphatic rings. The van der Waals surface area contributed by atoms with E-state index in [2.05, 4.69) is 15.5 Å². The first-order valence-electron chi connectivity index (χ1n) is 4.54. The lowest BCUT2D eigenvalue weighted by atomic mass is 10.4. The second kappa shape index (κ2) is 3.68. The predicted molar refractivity (Wildman–Crippen MR) is 47.9 cm³/mol. The monoisotopic (exact) mass is 210 g/mol. The van der Waals surface area contributed by atoms with E-state index in [1.165, 1.54) is 0 Å². The van der Waals surface area contributed by atoms with Gasteiger partial charge in [0.15, 0.2) is 5.82 Å². The third-order valence-corrected chi connectivity index (χ3v) is 2.07. The highest BCUT2D eigenvalue weighted by atomic mass is 16.5. The lowest BCUT2D eigenvalue weighted by molar-refractivity contribution is -0.124. The van der Waals surface area contributed by atoms with Crippen molar-refractivity contribution in [3.63, 3.8) is 0 Å². The number of aromatic nitrogens is 2. The van der Waals surface area contributed by atoms with Gasteiger partial charge < -0.3 is 9.84 Å². The minimum atomic E-state index is -0.361. The molecule has 1 fully saturated rings. The summed E-state index contributed by atoms with van der Waals surface area (Å²) < 4.78 is 4.77. The Bertz CT molecular complexity index is 384. The van der Waals surface area contributed by atoms with Gasteiger partial charge in [-0.15, -0.1) is 0 Å². The molecule has 0 unspecified atom stereocenters. The molecule has 2 rings (SSSR count). The zero-order valence-corrected chi connectivity index (χ0v) is 8.19. The molecule has 0 spiro atoms. The highest BCUT2D eigenvalue weighted by Crippen LogP contribution is 2.02. The fourth-order valence-electron chi connectivity index (χ4n) is 1.34. The number of urea groups is 1. The highest BCUT2D eigenvalue weighted by molar-refractivity contribution is 6.01. The maximum absolute atomic E-state index is 11.2. The summed E-state index contributed by atoms with van der Waals surface area (Å²) in [6.45, 7) is 2.04. The van der Waals surface area contributed by atoms with Crippen LogP contribution in [0.4, 0.5) is 4.79 Å². The van der Waals surface area contributed by atoms with Crippen LogP contribution < -0.4 is 5.32 Å². The van der Waals surface area contributed by atoms with Gasteiger partial charge in [0.05, 0.1) is 6.54 Å². The van der Waals surface area contributed by atoms with Crippen LogP contribution in [0.3, 0.4) is 0 Å². The number of carbonyl (C=O) groups excluding carboxylic acids is 2. The Kier molecular flexibility index (Phi) is 2.36. The fraction of sp³-hybridized carbons (Fsp3) is 0.500. The van der Waals surface area contributed by atoms with Crippen molar-refractivity contribution in [2.24, 2.45) is 0 Å². The van der Waals surface area contributed by atoms with Gasteiger partial charge in [-0.3, -0.25) is 9.69 Å². The van der Waals surface area contributed by atoms with E-state index in [0.29, 0.717) is 18.1 Å². The van der Waals surface area contributed by atoms with Gasteiger partial charge in [-0.1, -0.05) is 5.16 Å². The molecule has 1 N–H and O–H groups in total. The Morgan fingerprint density at radius 1 is 1.53 bits per heavy atom. The molecule has 1 aliphatic heterocycles. The number of nitrogens with one attached hydrogen (secondary N) is 1. The maximum Gasteiger partial charge on any atom is 0.324 e. The number of imide groups is 1. The first kappa shape index (κ1) is 9.63. The molecule has 0 aliphatic carbocycles. The number of nitrogens with zero attached hydrogens (tertiary/aromatic N) is 3. The second-order valence-electron chi connectivity index (χ2n) is 3.18. The molecular weight excluding hydrogens is 200 g/mol. The lowest BCUT2D eigenvalue weighted by Gasteiger charge is -2.09. The largest absolute Gasteiger partial charge is 0.340 e. The van der Waals surface area contributed by atoms with E-state index in [1.54, 1.807) is 6.92 Å². The molecule has 7 heteroatoms. The molecule has 0 bridgehead atoms. The Morgan fingerprint density at radius 2 is 2.33 bits per heavy atom. The average molecular weight is 210 g/mol. The molecule has 3 amide bonds. The number of hydrogen-bond donors (Lipinski definition) is 1. The van der Waals surface area contributed by atoms with Crippen LogP contribution in [-0.4, -0.2) is 40.1 Å². The van der Waals surface area contributed by atoms with Crippen molar-refractivity contribution < 1.29 is 14.1 Å². The normalized spacial score (nSPS) is 15.9. The molecule has 0 aromatic carbocycles. The van der Waals surface area contributed by atoms with Crippen LogP contribution in [0.15, 0.2) is 4.52 Å². The molecule has 0 saturated carbocycles. The van der Waals surface area contributed by atoms with E-state index >= 15 is 0 Å². The summed E-state index contributed by atoms with van der Waals surface area (Å²) in [6, 6.07) is -0.361.